The lowest BCUT2D eigenvalue weighted by atomic mass is 10.2. The molecule has 0 saturated carbocycles. The first-order valence-corrected chi connectivity index (χ1v) is 10.2. The molecule has 8 heteroatoms. The van der Waals surface area contributed by atoms with E-state index in [0.717, 1.165) is 38.9 Å². The SMILES string of the molecule is COc1ccc(-n2c(SCCCN)nnc2-c2ccc(Br)cc2)cc1Cl. The van der Waals surface area contributed by atoms with Crippen LogP contribution in [0.4, 0.5) is 0 Å². The first kappa shape index (κ1) is 19.2. The number of ether oxygens (including phenoxy) is 1. The lowest BCUT2D eigenvalue weighted by molar-refractivity contribution is 0.415. The number of hydrogen-bond donors (Lipinski definition) is 1. The van der Waals surface area contributed by atoms with Crippen molar-refractivity contribution in [3.05, 3.63) is 52.0 Å². The van der Waals surface area contributed by atoms with Gasteiger partial charge in [0.1, 0.15) is 5.75 Å². The first-order valence-electron chi connectivity index (χ1n) is 8.02. The molecule has 3 rings (SSSR count). The van der Waals surface area contributed by atoms with E-state index in [9.17, 15) is 0 Å². The number of aromatic nitrogens is 3. The molecule has 0 aliphatic rings. The third kappa shape index (κ3) is 4.23. The van der Waals surface area contributed by atoms with E-state index in [1.165, 1.54) is 0 Å². The monoisotopic (exact) mass is 452 g/mol. The van der Waals surface area contributed by atoms with Gasteiger partial charge in [0.05, 0.1) is 17.8 Å². The molecule has 1 aromatic heterocycles. The molecule has 0 atom stereocenters. The van der Waals surface area contributed by atoms with Crippen molar-refractivity contribution in [2.45, 2.75) is 11.6 Å². The maximum Gasteiger partial charge on any atom is 0.196 e. The van der Waals surface area contributed by atoms with E-state index in [0.29, 0.717) is 17.3 Å². The summed E-state index contributed by atoms with van der Waals surface area (Å²) in [7, 11) is 1.60. The Balaban J connectivity index is 2.08. The second-order valence-electron chi connectivity index (χ2n) is 5.46. The van der Waals surface area contributed by atoms with Crippen molar-refractivity contribution >= 4 is 39.3 Å². The fourth-order valence-electron chi connectivity index (χ4n) is 2.42. The van der Waals surface area contributed by atoms with Gasteiger partial charge in [0, 0.05) is 15.8 Å². The topological polar surface area (TPSA) is 66.0 Å². The Bertz CT molecular complexity index is 885. The number of nitrogens with zero attached hydrogens (tertiary/aromatic N) is 3. The smallest absolute Gasteiger partial charge is 0.196 e. The van der Waals surface area contributed by atoms with Crippen molar-refractivity contribution in [3.8, 4) is 22.8 Å². The van der Waals surface area contributed by atoms with Crippen LogP contribution in [0.2, 0.25) is 5.02 Å². The zero-order valence-electron chi connectivity index (χ0n) is 14.2. The summed E-state index contributed by atoms with van der Waals surface area (Å²) >= 11 is 11.4. The summed E-state index contributed by atoms with van der Waals surface area (Å²) in [6.45, 7) is 0.648. The van der Waals surface area contributed by atoms with Gasteiger partial charge in [-0.25, -0.2) is 0 Å². The Labute approximate surface area is 170 Å². The number of nitrogens with two attached hydrogens (primary N) is 1. The summed E-state index contributed by atoms with van der Waals surface area (Å²) in [5, 5.41) is 10.1. The van der Waals surface area contributed by atoms with Gasteiger partial charge in [0.2, 0.25) is 0 Å². The van der Waals surface area contributed by atoms with Crippen LogP contribution in [0.15, 0.2) is 52.1 Å². The van der Waals surface area contributed by atoms with Gasteiger partial charge >= 0.3 is 0 Å². The van der Waals surface area contributed by atoms with Gasteiger partial charge in [-0.3, -0.25) is 4.57 Å². The van der Waals surface area contributed by atoms with E-state index in [1.807, 2.05) is 47.0 Å². The molecule has 2 N–H and O–H groups in total. The number of rotatable bonds is 7. The number of methoxy groups -OCH3 is 1. The second kappa shape index (κ2) is 8.90. The Morgan fingerprint density at radius 2 is 1.96 bits per heavy atom. The van der Waals surface area contributed by atoms with Crippen LogP contribution in [0.25, 0.3) is 17.1 Å². The van der Waals surface area contributed by atoms with E-state index in [-0.39, 0.29) is 0 Å². The van der Waals surface area contributed by atoms with E-state index < -0.39 is 0 Å². The molecule has 5 nitrogen and oxygen atoms in total. The Kier molecular flexibility index (Phi) is 6.58. The molecule has 0 bridgehead atoms. The first-order chi connectivity index (χ1) is 12.6. The fraction of sp³-hybridized carbons (Fsp3) is 0.222. The van der Waals surface area contributed by atoms with Crippen LogP contribution in [-0.4, -0.2) is 34.2 Å². The minimum absolute atomic E-state index is 0.540. The van der Waals surface area contributed by atoms with Crippen LogP contribution in [0, 0.1) is 0 Å². The van der Waals surface area contributed by atoms with Gasteiger partial charge < -0.3 is 10.5 Å². The molecule has 0 amide bonds. The molecular weight excluding hydrogens is 436 g/mol. The van der Waals surface area contributed by atoms with E-state index in [1.54, 1.807) is 18.9 Å². The molecule has 0 aliphatic carbocycles. The van der Waals surface area contributed by atoms with Gasteiger partial charge in [-0.1, -0.05) is 51.4 Å². The third-order valence-electron chi connectivity index (χ3n) is 3.71. The van der Waals surface area contributed by atoms with Crippen molar-refractivity contribution in [1.82, 2.24) is 14.8 Å². The minimum Gasteiger partial charge on any atom is -0.495 e. The minimum atomic E-state index is 0.540. The fourth-order valence-corrected chi connectivity index (χ4v) is 3.85. The molecule has 0 unspecified atom stereocenters. The van der Waals surface area contributed by atoms with E-state index >= 15 is 0 Å². The number of halogens is 2. The molecule has 0 radical (unpaired) electrons. The quantitative estimate of drug-likeness (QED) is 0.411. The normalized spacial score (nSPS) is 10.9. The molecule has 2 aromatic carbocycles. The largest absolute Gasteiger partial charge is 0.495 e. The average Bonchev–Trinajstić information content (AvgIpc) is 3.06. The summed E-state index contributed by atoms with van der Waals surface area (Å²) in [5.74, 6) is 2.26. The number of benzene rings is 2. The molecule has 26 heavy (non-hydrogen) atoms. The third-order valence-corrected chi connectivity index (χ3v) is 5.55. The van der Waals surface area contributed by atoms with Crippen molar-refractivity contribution in [2.75, 3.05) is 19.4 Å². The molecule has 0 fully saturated rings. The Morgan fingerprint density at radius 1 is 1.19 bits per heavy atom. The van der Waals surface area contributed by atoms with Crippen LogP contribution in [0.5, 0.6) is 5.75 Å². The molecule has 0 saturated heterocycles. The summed E-state index contributed by atoms with van der Waals surface area (Å²) in [4.78, 5) is 0. The molecular formula is C18H18BrClN4OS. The second-order valence-corrected chi connectivity index (χ2v) is 7.84. The molecule has 0 aliphatic heterocycles. The van der Waals surface area contributed by atoms with Crippen LogP contribution in [0.1, 0.15) is 6.42 Å². The summed E-state index contributed by atoms with van der Waals surface area (Å²) < 4.78 is 8.28. The van der Waals surface area contributed by atoms with Crippen LogP contribution >= 0.6 is 39.3 Å². The predicted octanol–water partition coefficient (Wildman–Crippen LogP) is 4.80. The van der Waals surface area contributed by atoms with Gasteiger partial charge in [-0.05, 0) is 43.3 Å². The zero-order valence-corrected chi connectivity index (χ0v) is 17.3. The molecule has 0 spiro atoms. The maximum atomic E-state index is 6.34. The van der Waals surface area contributed by atoms with E-state index in [2.05, 4.69) is 26.1 Å². The Morgan fingerprint density at radius 3 is 2.62 bits per heavy atom. The van der Waals surface area contributed by atoms with Crippen LogP contribution in [-0.2, 0) is 0 Å². The van der Waals surface area contributed by atoms with Gasteiger partial charge in [-0.2, -0.15) is 0 Å². The summed E-state index contributed by atoms with van der Waals surface area (Å²) in [6, 6.07) is 13.6. The highest BCUT2D eigenvalue weighted by molar-refractivity contribution is 9.10. The highest BCUT2D eigenvalue weighted by Gasteiger charge is 2.17. The number of hydrogen-bond acceptors (Lipinski definition) is 5. The highest BCUT2D eigenvalue weighted by Crippen LogP contribution is 2.32. The standard InChI is InChI=1S/C18H18BrClN4OS/c1-25-16-8-7-14(11-15(16)20)24-17(12-3-5-13(19)6-4-12)22-23-18(24)26-10-2-9-21/h3-8,11H,2,9-10,21H2,1H3. The Hall–Kier alpha value is -1.54. The van der Waals surface area contributed by atoms with Gasteiger partial charge in [-0.15, -0.1) is 10.2 Å². The summed E-state index contributed by atoms with van der Waals surface area (Å²) in [5.41, 5.74) is 7.47. The van der Waals surface area contributed by atoms with Crippen molar-refractivity contribution in [2.24, 2.45) is 5.73 Å². The van der Waals surface area contributed by atoms with Crippen molar-refractivity contribution < 1.29 is 4.74 Å². The van der Waals surface area contributed by atoms with Gasteiger partial charge in [0.15, 0.2) is 11.0 Å². The lowest BCUT2D eigenvalue weighted by Crippen LogP contribution is -2.02. The van der Waals surface area contributed by atoms with Crippen molar-refractivity contribution in [3.63, 3.8) is 0 Å². The van der Waals surface area contributed by atoms with Crippen molar-refractivity contribution in [1.29, 1.82) is 0 Å². The predicted molar refractivity (Wildman–Crippen MR) is 110 cm³/mol. The molecule has 1 heterocycles. The van der Waals surface area contributed by atoms with Crippen LogP contribution in [0.3, 0.4) is 0 Å². The molecule has 136 valence electrons. The maximum absolute atomic E-state index is 6.34. The number of thioether (sulfide) groups is 1. The van der Waals surface area contributed by atoms with E-state index in [4.69, 9.17) is 22.1 Å². The lowest BCUT2D eigenvalue weighted by Gasteiger charge is -2.12. The highest BCUT2D eigenvalue weighted by atomic mass is 79.9. The van der Waals surface area contributed by atoms with Gasteiger partial charge in [0.25, 0.3) is 0 Å². The average molecular weight is 454 g/mol. The molecule has 3 aromatic rings. The zero-order chi connectivity index (χ0) is 18.5. The summed E-state index contributed by atoms with van der Waals surface area (Å²) in [6.07, 6.45) is 0.911. The van der Waals surface area contributed by atoms with Crippen LogP contribution < -0.4 is 10.5 Å².